The van der Waals surface area contributed by atoms with Crippen molar-refractivity contribution in [2.75, 3.05) is 20.3 Å². The Morgan fingerprint density at radius 1 is 1.18 bits per heavy atom. The molecule has 2 aromatic rings. The average Bonchev–Trinajstić information content (AvgIpc) is 3.46. The third kappa shape index (κ3) is 6.41. The molecule has 2 heterocycles. The number of hydrogen-bond acceptors (Lipinski definition) is 9. The maximum Gasteiger partial charge on any atom is 0.373 e. The molecule has 0 aliphatic carbocycles. The van der Waals surface area contributed by atoms with Crippen molar-refractivity contribution in [1.82, 2.24) is 10.2 Å². The van der Waals surface area contributed by atoms with Crippen LogP contribution in [0.1, 0.15) is 48.2 Å². The summed E-state index contributed by atoms with van der Waals surface area (Å²) in [5.74, 6) is -0.849. The summed E-state index contributed by atoms with van der Waals surface area (Å²) in [5, 5.41) is 2.55. The van der Waals surface area contributed by atoms with Gasteiger partial charge < -0.3 is 28.7 Å². The van der Waals surface area contributed by atoms with E-state index in [-0.39, 0.29) is 30.4 Å². The van der Waals surface area contributed by atoms with Crippen molar-refractivity contribution in [3.63, 3.8) is 0 Å². The molecule has 1 aliphatic rings. The van der Waals surface area contributed by atoms with Crippen LogP contribution in [0.15, 0.2) is 47.0 Å². The minimum atomic E-state index is -0.882. The number of ether oxygens (including phenoxy) is 4. The fraction of sp³-hybridized carbons (Fsp3) is 0.333. The number of esters is 2. The number of hydrogen-bond donors (Lipinski definition) is 1. The van der Waals surface area contributed by atoms with Gasteiger partial charge in [-0.1, -0.05) is 6.08 Å². The van der Waals surface area contributed by atoms with E-state index in [1.54, 1.807) is 39.0 Å². The van der Waals surface area contributed by atoms with Gasteiger partial charge in [0.2, 0.25) is 5.76 Å². The molecule has 1 aromatic heterocycles. The Kier molecular flexibility index (Phi) is 9.31. The first kappa shape index (κ1) is 28.0. The molecule has 1 atom stereocenters. The Hall–Kier alpha value is -4.54. The van der Waals surface area contributed by atoms with Crippen molar-refractivity contribution < 1.29 is 42.5 Å². The van der Waals surface area contributed by atoms with Crippen molar-refractivity contribution in [2.24, 2.45) is 0 Å². The Bertz CT molecular complexity index is 1260. The van der Waals surface area contributed by atoms with E-state index >= 15 is 0 Å². The minimum absolute atomic E-state index is 0.0373. The molecule has 0 unspecified atom stereocenters. The molecule has 1 N–H and O–H groups in total. The van der Waals surface area contributed by atoms with Crippen molar-refractivity contribution >= 4 is 30.0 Å². The lowest BCUT2D eigenvalue weighted by Crippen LogP contribution is -2.30. The second kappa shape index (κ2) is 12.6. The van der Waals surface area contributed by atoms with Crippen molar-refractivity contribution in [3.05, 3.63) is 65.3 Å². The topological polar surface area (TPSA) is 134 Å². The first-order valence-electron chi connectivity index (χ1n) is 12.0. The van der Waals surface area contributed by atoms with Crippen LogP contribution in [0, 0.1) is 0 Å². The quantitative estimate of drug-likeness (QED) is 0.190. The summed E-state index contributed by atoms with van der Waals surface area (Å²) in [5.41, 5.74) is 1.25. The molecular formula is C27H30N2O9. The summed E-state index contributed by atoms with van der Waals surface area (Å²) >= 11 is 0. The number of methoxy groups -OCH3 is 1. The van der Waals surface area contributed by atoms with E-state index in [0.29, 0.717) is 35.7 Å². The lowest BCUT2D eigenvalue weighted by molar-refractivity contribution is -0.150. The Balaban J connectivity index is 1.89. The zero-order chi connectivity index (χ0) is 27.8. The summed E-state index contributed by atoms with van der Waals surface area (Å²) < 4.78 is 26.7. The molecule has 1 aromatic carbocycles. The lowest BCUT2D eigenvalue weighted by atomic mass is 10.0. The molecule has 0 radical (unpaired) electrons. The van der Waals surface area contributed by atoms with E-state index in [1.165, 1.54) is 25.3 Å². The van der Waals surface area contributed by atoms with E-state index < -0.39 is 30.0 Å². The van der Waals surface area contributed by atoms with Gasteiger partial charge >= 0.3 is 18.0 Å². The Morgan fingerprint density at radius 3 is 2.61 bits per heavy atom. The maximum absolute atomic E-state index is 13.0. The molecule has 0 spiro atoms. The zero-order valence-electron chi connectivity index (χ0n) is 21.7. The molecule has 38 heavy (non-hydrogen) atoms. The third-order valence-corrected chi connectivity index (χ3v) is 5.37. The van der Waals surface area contributed by atoms with Gasteiger partial charge in [-0.3, -0.25) is 9.69 Å². The number of allylic oxidation sites excluding steroid dienone is 1. The van der Waals surface area contributed by atoms with E-state index in [2.05, 4.69) is 16.6 Å². The smallest absolute Gasteiger partial charge is 0.373 e. The van der Waals surface area contributed by atoms with E-state index in [9.17, 15) is 19.2 Å². The Labute approximate surface area is 220 Å². The van der Waals surface area contributed by atoms with Crippen molar-refractivity contribution in [1.29, 1.82) is 0 Å². The second-order valence-electron chi connectivity index (χ2n) is 8.08. The first-order valence-corrected chi connectivity index (χ1v) is 12.0. The second-order valence-corrected chi connectivity index (χ2v) is 8.08. The number of amides is 3. The van der Waals surface area contributed by atoms with Crippen LogP contribution in [-0.2, 0) is 32.0 Å². The molecule has 202 valence electrons. The summed E-state index contributed by atoms with van der Waals surface area (Å²) in [4.78, 5) is 50.2. The normalized spacial score (nSPS) is 14.7. The highest BCUT2D eigenvalue weighted by molar-refractivity contribution is 6.13. The summed E-state index contributed by atoms with van der Waals surface area (Å²) in [6.45, 7) is 9.23. The Morgan fingerprint density at radius 2 is 1.95 bits per heavy atom. The van der Waals surface area contributed by atoms with Gasteiger partial charge in [-0.25, -0.2) is 14.4 Å². The zero-order valence-corrected chi connectivity index (χ0v) is 21.7. The van der Waals surface area contributed by atoms with Crippen LogP contribution in [0.2, 0.25) is 0 Å². The number of benzene rings is 1. The summed E-state index contributed by atoms with van der Waals surface area (Å²) in [6, 6.07) is 5.64. The van der Waals surface area contributed by atoms with Crippen LogP contribution in [0.3, 0.4) is 0 Å². The summed E-state index contributed by atoms with van der Waals surface area (Å²) in [6.07, 6.45) is 2.68. The number of carbonyl (C=O) groups excluding carboxylic acids is 4. The van der Waals surface area contributed by atoms with Gasteiger partial charge in [0.1, 0.15) is 11.5 Å². The van der Waals surface area contributed by atoms with Crippen LogP contribution >= 0.6 is 0 Å². The predicted octanol–water partition coefficient (Wildman–Crippen LogP) is 3.62. The highest BCUT2D eigenvalue weighted by Gasteiger charge is 2.34. The van der Waals surface area contributed by atoms with Gasteiger partial charge in [0.05, 0.1) is 26.9 Å². The minimum Gasteiger partial charge on any atom is -0.490 e. The highest BCUT2D eigenvalue weighted by atomic mass is 16.6. The van der Waals surface area contributed by atoms with Crippen LogP contribution in [0.25, 0.3) is 6.08 Å². The number of urea groups is 1. The lowest BCUT2D eigenvalue weighted by Gasteiger charge is -2.20. The van der Waals surface area contributed by atoms with Gasteiger partial charge in [-0.2, -0.15) is 0 Å². The number of nitrogens with zero attached hydrogens (tertiary/aromatic N) is 1. The number of nitrogens with one attached hydrogen (secondary N) is 1. The van der Waals surface area contributed by atoms with E-state index in [0.717, 1.165) is 4.90 Å². The van der Waals surface area contributed by atoms with Crippen molar-refractivity contribution in [2.45, 2.75) is 39.8 Å². The predicted molar refractivity (Wildman–Crippen MR) is 135 cm³/mol. The monoisotopic (exact) mass is 526 g/mol. The van der Waals surface area contributed by atoms with Crippen LogP contribution in [-0.4, -0.2) is 55.2 Å². The molecule has 1 saturated heterocycles. The van der Waals surface area contributed by atoms with Gasteiger partial charge in [0.15, 0.2) is 17.6 Å². The van der Waals surface area contributed by atoms with Gasteiger partial charge in [-0.15, -0.1) is 6.58 Å². The molecule has 0 bridgehead atoms. The molecule has 0 saturated carbocycles. The third-order valence-electron chi connectivity index (χ3n) is 5.37. The van der Waals surface area contributed by atoms with E-state index in [4.69, 9.17) is 18.6 Å². The van der Waals surface area contributed by atoms with Gasteiger partial charge in [0, 0.05) is 5.56 Å². The highest BCUT2D eigenvalue weighted by Crippen LogP contribution is 2.36. The molecule has 1 fully saturated rings. The SMILES string of the molecule is C=CCc1cc(/C=C2\NC(=O)N(Cc3ccc(C(=O)OC)o3)C2=O)cc(OCC)c1O[C@@H](C)C(=O)OCC. The molecule has 1 aliphatic heterocycles. The number of imide groups is 1. The van der Waals surface area contributed by atoms with Crippen LogP contribution < -0.4 is 14.8 Å². The fourth-order valence-electron chi connectivity index (χ4n) is 3.67. The standard InChI is InChI=1S/C27H30N2O9/c1-6-9-18-12-17(14-22(35-7-2)23(18)37-16(4)25(31)36-8-3)13-20-24(30)29(27(33)28-20)15-19-10-11-21(38-19)26(32)34-5/h6,10-14,16H,1,7-9,15H2,2-5H3,(H,28,33)/b20-13-/t16-/m0/s1. The number of furan rings is 1. The largest absolute Gasteiger partial charge is 0.490 e. The molecule has 3 rings (SSSR count). The average molecular weight is 527 g/mol. The number of carbonyl (C=O) groups is 4. The van der Waals surface area contributed by atoms with Gasteiger partial charge in [0.25, 0.3) is 5.91 Å². The van der Waals surface area contributed by atoms with Gasteiger partial charge in [-0.05, 0) is 63.1 Å². The van der Waals surface area contributed by atoms with Crippen LogP contribution in [0.5, 0.6) is 11.5 Å². The number of rotatable bonds is 12. The van der Waals surface area contributed by atoms with Crippen molar-refractivity contribution in [3.8, 4) is 11.5 Å². The first-order chi connectivity index (χ1) is 18.2. The maximum atomic E-state index is 13.0. The summed E-state index contributed by atoms with van der Waals surface area (Å²) in [7, 11) is 1.22. The fourth-order valence-corrected chi connectivity index (χ4v) is 3.67. The molecular weight excluding hydrogens is 496 g/mol. The van der Waals surface area contributed by atoms with E-state index in [1.807, 2.05) is 0 Å². The molecule has 11 heteroatoms. The van der Waals surface area contributed by atoms with Crippen LogP contribution in [0.4, 0.5) is 4.79 Å². The molecule has 3 amide bonds. The molecule has 11 nitrogen and oxygen atoms in total.